The predicted molar refractivity (Wildman–Crippen MR) is 63.2 cm³/mol. The molecule has 3 rings (SSSR count). The molecule has 80 valence electrons. The fraction of sp³-hybridized carbons (Fsp3) is 0.538. The van der Waals surface area contributed by atoms with Gasteiger partial charge in [0.15, 0.2) is 0 Å². The van der Waals surface area contributed by atoms with E-state index in [4.69, 9.17) is 11.6 Å². The highest BCUT2D eigenvalue weighted by molar-refractivity contribution is 6.31. The maximum absolute atomic E-state index is 6.28. The highest BCUT2D eigenvalue weighted by atomic mass is 35.5. The van der Waals surface area contributed by atoms with Gasteiger partial charge in [0.25, 0.3) is 0 Å². The van der Waals surface area contributed by atoms with Gasteiger partial charge in [-0.3, -0.25) is 0 Å². The number of halogens is 1. The predicted octanol–water partition coefficient (Wildman–Crippen LogP) is 3.30. The highest BCUT2D eigenvalue weighted by Crippen LogP contribution is 2.38. The Bertz CT molecular complexity index is 380. The minimum Gasteiger partial charge on any atom is -0.307 e. The third-order valence-electron chi connectivity index (χ3n) is 3.95. The molecule has 0 aromatic heterocycles. The molecule has 15 heavy (non-hydrogen) atoms. The lowest BCUT2D eigenvalue weighted by Gasteiger charge is -2.36. The Labute approximate surface area is 95.8 Å². The van der Waals surface area contributed by atoms with Crippen LogP contribution in [0.5, 0.6) is 0 Å². The lowest BCUT2D eigenvalue weighted by Crippen LogP contribution is -2.47. The normalized spacial score (nSPS) is 23.0. The molecule has 2 aliphatic rings. The largest absolute Gasteiger partial charge is 0.307 e. The molecule has 1 saturated carbocycles. The van der Waals surface area contributed by atoms with Crippen molar-refractivity contribution < 1.29 is 0 Å². The molecular formula is C13H16ClN. The van der Waals surface area contributed by atoms with Gasteiger partial charge < -0.3 is 5.32 Å². The Morgan fingerprint density at radius 3 is 2.80 bits per heavy atom. The quantitative estimate of drug-likeness (QED) is 0.709. The Kier molecular flexibility index (Phi) is 2.26. The van der Waals surface area contributed by atoms with Gasteiger partial charge >= 0.3 is 0 Å². The van der Waals surface area contributed by atoms with Gasteiger partial charge in [-0.25, -0.2) is 0 Å². The minimum absolute atomic E-state index is 0.373. The molecule has 1 aliphatic heterocycles. The van der Waals surface area contributed by atoms with Crippen LogP contribution in [0, 0.1) is 0 Å². The first kappa shape index (κ1) is 9.68. The summed E-state index contributed by atoms with van der Waals surface area (Å²) in [5.74, 6) is 0. The minimum atomic E-state index is 0.373. The summed E-state index contributed by atoms with van der Waals surface area (Å²) in [5.41, 5.74) is 3.15. The van der Waals surface area contributed by atoms with Crippen LogP contribution >= 0.6 is 11.6 Å². The molecule has 1 aromatic rings. The second-order valence-corrected chi connectivity index (χ2v) is 5.30. The summed E-state index contributed by atoms with van der Waals surface area (Å²) < 4.78 is 0. The monoisotopic (exact) mass is 221 g/mol. The molecule has 1 aromatic carbocycles. The summed E-state index contributed by atoms with van der Waals surface area (Å²) in [6.07, 6.45) is 6.50. The molecule has 2 heteroatoms. The van der Waals surface area contributed by atoms with E-state index in [-0.39, 0.29) is 0 Å². The molecule has 1 N–H and O–H groups in total. The Hall–Kier alpha value is -0.530. The molecule has 0 amide bonds. The highest BCUT2D eigenvalue weighted by Gasteiger charge is 2.37. The van der Waals surface area contributed by atoms with Gasteiger partial charge in [-0.2, -0.15) is 0 Å². The van der Waals surface area contributed by atoms with E-state index in [1.807, 2.05) is 6.07 Å². The van der Waals surface area contributed by atoms with Crippen molar-refractivity contribution in [1.29, 1.82) is 0 Å². The van der Waals surface area contributed by atoms with E-state index in [0.717, 1.165) is 18.0 Å². The van der Waals surface area contributed by atoms with Gasteiger partial charge in [-0.1, -0.05) is 36.6 Å². The summed E-state index contributed by atoms with van der Waals surface area (Å²) in [6, 6.07) is 6.26. The van der Waals surface area contributed by atoms with Gasteiger partial charge in [-0.15, -0.1) is 0 Å². The van der Waals surface area contributed by atoms with Crippen LogP contribution in [0.4, 0.5) is 0 Å². The van der Waals surface area contributed by atoms with Crippen molar-refractivity contribution in [2.75, 3.05) is 0 Å². The third kappa shape index (κ3) is 1.58. The molecule has 1 spiro atoms. The lowest BCUT2D eigenvalue weighted by molar-refractivity contribution is 0.309. The SMILES string of the molecule is Clc1cccc2c1CC1(CCCC1)NC2. The maximum Gasteiger partial charge on any atom is 0.0441 e. The number of benzene rings is 1. The first-order valence-corrected chi connectivity index (χ1v) is 6.18. The van der Waals surface area contributed by atoms with Crippen LogP contribution in [0.25, 0.3) is 0 Å². The van der Waals surface area contributed by atoms with Gasteiger partial charge in [0.2, 0.25) is 0 Å². The van der Waals surface area contributed by atoms with Crippen molar-refractivity contribution in [2.45, 2.75) is 44.2 Å². The van der Waals surface area contributed by atoms with Gasteiger partial charge in [0.05, 0.1) is 0 Å². The van der Waals surface area contributed by atoms with E-state index in [2.05, 4.69) is 17.4 Å². The molecule has 0 bridgehead atoms. The van der Waals surface area contributed by atoms with E-state index in [0.29, 0.717) is 5.54 Å². The van der Waals surface area contributed by atoms with Crippen molar-refractivity contribution in [3.05, 3.63) is 34.3 Å². The van der Waals surface area contributed by atoms with E-state index in [1.165, 1.54) is 36.8 Å². The summed E-state index contributed by atoms with van der Waals surface area (Å²) >= 11 is 6.28. The Balaban J connectivity index is 1.98. The second-order valence-electron chi connectivity index (χ2n) is 4.90. The van der Waals surface area contributed by atoms with Crippen LogP contribution in [-0.2, 0) is 13.0 Å². The third-order valence-corrected chi connectivity index (χ3v) is 4.30. The van der Waals surface area contributed by atoms with Crippen LogP contribution in [-0.4, -0.2) is 5.54 Å². The topological polar surface area (TPSA) is 12.0 Å². The number of hydrogen-bond acceptors (Lipinski definition) is 1. The zero-order valence-corrected chi connectivity index (χ0v) is 9.61. The zero-order valence-electron chi connectivity index (χ0n) is 8.85. The van der Waals surface area contributed by atoms with Crippen molar-refractivity contribution >= 4 is 11.6 Å². The van der Waals surface area contributed by atoms with Crippen molar-refractivity contribution in [2.24, 2.45) is 0 Å². The van der Waals surface area contributed by atoms with E-state index >= 15 is 0 Å². The second kappa shape index (κ2) is 3.50. The summed E-state index contributed by atoms with van der Waals surface area (Å²) in [4.78, 5) is 0. The molecular weight excluding hydrogens is 206 g/mol. The molecule has 0 radical (unpaired) electrons. The van der Waals surface area contributed by atoms with Crippen molar-refractivity contribution in [3.8, 4) is 0 Å². The molecule has 1 nitrogen and oxygen atoms in total. The van der Waals surface area contributed by atoms with Crippen molar-refractivity contribution in [3.63, 3.8) is 0 Å². The van der Waals surface area contributed by atoms with Crippen LogP contribution < -0.4 is 5.32 Å². The first-order chi connectivity index (χ1) is 7.29. The number of nitrogens with one attached hydrogen (secondary N) is 1. The van der Waals surface area contributed by atoms with Crippen LogP contribution in [0.2, 0.25) is 5.02 Å². The van der Waals surface area contributed by atoms with Gasteiger partial charge in [0, 0.05) is 17.1 Å². The van der Waals surface area contributed by atoms with Gasteiger partial charge in [0.1, 0.15) is 0 Å². The standard InChI is InChI=1S/C13H16ClN/c14-12-5-3-4-10-9-15-13(8-11(10)12)6-1-2-7-13/h3-5,15H,1-2,6-9H2. The van der Waals surface area contributed by atoms with Crippen LogP contribution in [0.3, 0.4) is 0 Å². The number of fused-ring (bicyclic) bond motifs is 1. The molecule has 0 unspecified atom stereocenters. The van der Waals surface area contributed by atoms with Crippen LogP contribution in [0.15, 0.2) is 18.2 Å². The average Bonchev–Trinajstić information content (AvgIpc) is 2.68. The summed E-state index contributed by atoms with van der Waals surface area (Å²) in [7, 11) is 0. The molecule has 1 heterocycles. The smallest absolute Gasteiger partial charge is 0.0441 e. The Morgan fingerprint density at radius 1 is 1.20 bits per heavy atom. The molecule has 1 aliphatic carbocycles. The van der Waals surface area contributed by atoms with Crippen LogP contribution in [0.1, 0.15) is 36.8 Å². The lowest BCUT2D eigenvalue weighted by atomic mass is 9.83. The Morgan fingerprint density at radius 2 is 2.00 bits per heavy atom. The van der Waals surface area contributed by atoms with E-state index < -0.39 is 0 Å². The maximum atomic E-state index is 6.28. The summed E-state index contributed by atoms with van der Waals surface area (Å²) in [6.45, 7) is 0.996. The van der Waals surface area contributed by atoms with E-state index in [9.17, 15) is 0 Å². The number of rotatable bonds is 0. The van der Waals surface area contributed by atoms with E-state index in [1.54, 1.807) is 0 Å². The molecule has 1 fully saturated rings. The zero-order chi connectivity index (χ0) is 10.3. The average molecular weight is 222 g/mol. The molecule has 0 atom stereocenters. The fourth-order valence-corrected chi connectivity index (χ4v) is 3.32. The summed E-state index contributed by atoms with van der Waals surface area (Å²) in [5, 5.41) is 4.68. The number of hydrogen-bond donors (Lipinski definition) is 1. The van der Waals surface area contributed by atoms with Crippen molar-refractivity contribution in [1.82, 2.24) is 5.32 Å². The fourth-order valence-electron chi connectivity index (χ4n) is 3.06. The molecule has 0 saturated heterocycles. The first-order valence-electron chi connectivity index (χ1n) is 5.80. The van der Waals surface area contributed by atoms with Gasteiger partial charge in [-0.05, 0) is 36.5 Å².